The van der Waals surface area contributed by atoms with Crippen molar-refractivity contribution >= 4 is 5.97 Å². The van der Waals surface area contributed by atoms with Gasteiger partial charge in [0.15, 0.2) is 0 Å². The molecule has 228 valence electrons. The average molecular weight is 569 g/mol. The largest absolute Gasteiger partial charge is 0.494 e. The molecule has 0 unspecified atom stereocenters. The third kappa shape index (κ3) is 14.8. The lowest BCUT2D eigenvalue weighted by Gasteiger charge is -2.28. The van der Waals surface area contributed by atoms with E-state index in [0.29, 0.717) is 31.0 Å². The van der Waals surface area contributed by atoms with Gasteiger partial charge >= 0.3 is 5.97 Å². The van der Waals surface area contributed by atoms with Crippen molar-refractivity contribution in [1.29, 1.82) is 0 Å². The van der Waals surface area contributed by atoms with Gasteiger partial charge in [-0.2, -0.15) is 0 Å². The van der Waals surface area contributed by atoms with Crippen LogP contribution in [0.5, 0.6) is 17.2 Å². The third-order valence-electron chi connectivity index (χ3n) is 7.50. The average Bonchev–Trinajstić information content (AvgIpc) is 2.99. The van der Waals surface area contributed by atoms with E-state index in [4.69, 9.17) is 23.7 Å². The first-order valence-corrected chi connectivity index (χ1v) is 16.0. The van der Waals surface area contributed by atoms with Crippen molar-refractivity contribution in [1.82, 2.24) is 0 Å². The Balaban J connectivity index is 1.09. The summed E-state index contributed by atoms with van der Waals surface area (Å²) in [5.74, 6) is 2.17. The van der Waals surface area contributed by atoms with Crippen molar-refractivity contribution < 1.29 is 28.5 Å². The van der Waals surface area contributed by atoms with Crippen LogP contribution in [0.25, 0.3) is 0 Å². The zero-order chi connectivity index (χ0) is 29.0. The number of hydrogen-bond donors (Lipinski definition) is 0. The number of ether oxygens (including phenoxy) is 5. The van der Waals surface area contributed by atoms with E-state index in [2.05, 4.69) is 26.0 Å². The van der Waals surface area contributed by atoms with E-state index in [9.17, 15) is 4.79 Å². The molecular formula is C35H52O6. The summed E-state index contributed by atoms with van der Waals surface area (Å²) in [6, 6.07) is 15.6. The first-order chi connectivity index (χ1) is 20.1. The van der Waals surface area contributed by atoms with E-state index in [-0.39, 0.29) is 5.97 Å². The minimum Gasteiger partial charge on any atom is -0.494 e. The fourth-order valence-corrected chi connectivity index (χ4v) is 4.95. The highest BCUT2D eigenvalue weighted by atomic mass is 16.5. The molecule has 1 fully saturated rings. The summed E-state index contributed by atoms with van der Waals surface area (Å²) < 4.78 is 29.2. The summed E-state index contributed by atoms with van der Waals surface area (Å²) in [5.41, 5.74) is 1.25. The second kappa shape index (κ2) is 20.3. The normalized spacial score (nSPS) is 16.8. The van der Waals surface area contributed by atoms with E-state index in [1.807, 2.05) is 24.3 Å². The maximum absolute atomic E-state index is 11.8. The summed E-state index contributed by atoms with van der Waals surface area (Å²) in [5, 5.41) is 0. The number of benzene rings is 2. The summed E-state index contributed by atoms with van der Waals surface area (Å²) in [6.45, 7) is 7.31. The van der Waals surface area contributed by atoms with Crippen molar-refractivity contribution in [2.24, 2.45) is 0 Å². The maximum Gasteiger partial charge on any atom is 0.311 e. The molecule has 0 spiro atoms. The number of carbonyl (C=O) groups is 1. The van der Waals surface area contributed by atoms with Gasteiger partial charge in [0.05, 0.1) is 25.4 Å². The van der Waals surface area contributed by atoms with Gasteiger partial charge in [0.25, 0.3) is 0 Å². The van der Waals surface area contributed by atoms with E-state index in [0.717, 1.165) is 115 Å². The minimum absolute atomic E-state index is 0.166. The van der Waals surface area contributed by atoms with Gasteiger partial charge in [-0.05, 0) is 108 Å². The second-order valence-electron chi connectivity index (χ2n) is 11.2. The van der Waals surface area contributed by atoms with Crippen LogP contribution in [0.1, 0.15) is 102 Å². The van der Waals surface area contributed by atoms with E-state index in [1.165, 1.54) is 5.56 Å². The lowest BCUT2D eigenvalue weighted by atomic mass is 9.95. The highest BCUT2D eigenvalue weighted by Gasteiger charge is 2.21. The molecule has 0 bridgehead atoms. The highest BCUT2D eigenvalue weighted by molar-refractivity contribution is 5.72. The molecule has 1 aliphatic rings. The summed E-state index contributed by atoms with van der Waals surface area (Å²) >= 11 is 0. The molecule has 0 aromatic heterocycles. The number of rotatable bonds is 21. The molecule has 0 heterocycles. The Morgan fingerprint density at radius 3 is 1.63 bits per heavy atom. The van der Waals surface area contributed by atoms with E-state index < -0.39 is 0 Å². The smallest absolute Gasteiger partial charge is 0.311 e. The Bertz CT molecular complexity index is 934. The molecule has 0 aliphatic heterocycles. The van der Waals surface area contributed by atoms with Gasteiger partial charge in [0.2, 0.25) is 0 Å². The molecule has 0 atom stereocenters. The van der Waals surface area contributed by atoms with Crippen LogP contribution in [0.3, 0.4) is 0 Å². The number of esters is 1. The summed E-state index contributed by atoms with van der Waals surface area (Å²) in [7, 11) is 0. The Hall–Kier alpha value is -2.57. The first-order valence-electron chi connectivity index (χ1n) is 16.0. The fraction of sp³-hybridized carbons (Fsp3) is 0.629. The van der Waals surface area contributed by atoms with Gasteiger partial charge in [0, 0.05) is 19.6 Å². The molecule has 6 heteroatoms. The van der Waals surface area contributed by atoms with Crippen LogP contribution in [0.4, 0.5) is 0 Å². The molecule has 0 amide bonds. The lowest BCUT2D eigenvalue weighted by Crippen LogP contribution is -2.27. The number of aryl methyl sites for hydroxylation is 1. The van der Waals surface area contributed by atoms with Crippen LogP contribution >= 0.6 is 0 Å². The highest BCUT2D eigenvalue weighted by Crippen LogP contribution is 2.24. The molecule has 6 nitrogen and oxygen atoms in total. The zero-order valence-corrected chi connectivity index (χ0v) is 25.5. The summed E-state index contributed by atoms with van der Waals surface area (Å²) in [6.07, 6.45) is 15.1. The molecular weight excluding hydrogens is 516 g/mol. The third-order valence-corrected chi connectivity index (χ3v) is 7.50. The van der Waals surface area contributed by atoms with E-state index in [1.54, 1.807) is 12.1 Å². The topological polar surface area (TPSA) is 63.2 Å². The van der Waals surface area contributed by atoms with Crippen LogP contribution in [0, 0.1) is 6.92 Å². The number of hydrogen-bond acceptors (Lipinski definition) is 6. The molecule has 0 N–H and O–H groups in total. The Morgan fingerprint density at radius 1 is 0.610 bits per heavy atom. The quantitative estimate of drug-likeness (QED) is 0.0853. The van der Waals surface area contributed by atoms with Crippen LogP contribution in [-0.4, -0.2) is 44.6 Å². The van der Waals surface area contributed by atoms with Crippen LogP contribution < -0.4 is 14.2 Å². The molecule has 2 aromatic carbocycles. The minimum atomic E-state index is -0.166. The van der Waals surface area contributed by atoms with Crippen molar-refractivity contribution in [2.75, 3.05) is 26.4 Å². The first kappa shape index (κ1) is 32.9. The fourth-order valence-electron chi connectivity index (χ4n) is 4.95. The number of carbonyl (C=O) groups excluding carboxylic acids is 1. The molecule has 1 saturated carbocycles. The zero-order valence-electron chi connectivity index (χ0n) is 25.5. The van der Waals surface area contributed by atoms with Gasteiger partial charge in [-0.1, -0.05) is 43.9 Å². The lowest BCUT2D eigenvalue weighted by molar-refractivity contribution is -0.134. The van der Waals surface area contributed by atoms with Crippen LogP contribution in [0.2, 0.25) is 0 Å². The van der Waals surface area contributed by atoms with Gasteiger partial charge < -0.3 is 23.7 Å². The van der Waals surface area contributed by atoms with Gasteiger partial charge in [0.1, 0.15) is 17.2 Å². The molecule has 0 radical (unpaired) electrons. The van der Waals surface area contributed by atoms with E-state index >= 15 is 0 Å². The molecule has 1 aliphatic carbocycles. The van der Waals surface area contributed by atoms with Crippen molar-refractivity contribution in [3.05, 3.63) is 54.1 Å². The Labute approximate surface area is 248 Å². The van der Waals surface area contributed by atoms with Crippen LogP contribution in [0.15, 0.2) is 48.5 Å². The van der Waals surface area contributed by atoms with Crippen molar-refractivity contribution in [3.8, 4) is 17.2 Å². The Morgan fingerprint density at radius 2 is 1.07 bits per heavy atom. The standard InChI is InChI=1S/C35H52O6/c1-3-4-7-12-35(36)41-34-23-21-33(22-24-34)38-26-9-6-5-8-25-37-31-17-19-32(20-18-31)40-28-11-10-27-39-30-15-13-29(2)14-16-30/h13-16,21-24,31-32H,3-12,17-20,25-28H2,1-2H3. The molecule has 0 saturated heterocycles. The maximum atomic E-state index is 11.8. The molecule has 41 heavy (non-hydrogen) atoms. The number of unbranched alkanes of at least 4 members (excludes halogenated alkanes) is 6. The molecule has 3 rings (SSSR count). The monoisotopic (exact) mass is 568 g/mol. The van der Waals surface area contributed by atoms with Gasteiger partial charge in [-0.3, -0.25) is 4.79 Å². The van der Waals surface area contributed by atoms with Gasteiger partial charge in [-0.15, -0.1) is 0 Å². The summed E-state index contributed by atoms with van der Waals surface area (Å²) in [4.78, 5) is 11.8. The predicted octanol–water partition coefficient (Wildman–Crippen LogP) is 8.62. The predicted molar refractivity (Wildman–Crippen MR) is 164 cm³/mol. The van der Waals surface area contributed by atoms with Crippen molar-refractivity contribution in [3.63, 3.8) is 0 Å². The van der Waals surface area contributed by atoms with Crippen molar-refractivity contribution in [2.45, 2.75) is 116 Å². The van der Waals surface area contributed by atoms with Gasteiger partial charge in [-0.25, -0.2) is 0 Å². The second-order valence-corrected chi connectivity index (χ2v) is 11.2. The SMILES string of the molecule is CCCCCC(=O)Oc1ccc(OCCCCCCOC2CCC(OCCCCOc3ccc(C)cc3)CC2)cc1. The van der Waals surface area contributed by atoms with Crippen LogP contribution in [-0.2, 0) is 14.3 Å². The molecule has 2 aromatic rings. The Kier molecular flexibility index (Phi) is 16.3.